The molecule has 180 valence electrons. The van der Waals surface area contributed by atoms with E-state index in [0.717, 1.165) is 24.4 Å². The maximum atomic E-state index is 13.0. The third kappa shape index (κ3) is 4.14. The van der Waals surface area contributed by atoms with Crippen molar-refractivity contribution in [2.45, 2.75) is 30.5 Å². The summed E-state index contributed by atoms with van der Waals surface area (Å²) in [5.41, 5.74) is 1.42. The van der Waals surface area contributed by atoms with Gasteiger partial charge in [-0.2, -0.15) is 0 Å². The molecule has 2 aromatic carbocycles. The highest BCUT2D eigenvalue weighted by molar-refractivity contribution is 7.99. The second-order valence-electron chi connectivity index (χ2n) is 8.70. The van der Waals surface area contributed by atoms with Crippen molar-refractivity contribution in [1.82, 2.24) is 14.8 Å². The van der Waals surface area contributed by atoms with E-state index in [1.165, 1.54) is 23.9 Å². The first-order chi connectivity index (χ1) is 17.5. The molecule has 6 rings (SSSR count). The van der Waals surface area contributed by atoms with Crippen molar-refractivity contribution in [3.8, 4) is 0 Å². The lowest BCUT2D eigenvalue weighted by atomic mass is 9.84. The fraction of sp³-hybridized carbons (Fsp3) is 0.192. The van der Waals surface area contributed by atoms with Crippen LogP contribution < -0.4 is 5.32 Å². The molecule has 1 amide bonds. The maximum Gasteiger partial charge on any atom is 0.234 e. The van der Waals surface area contributed by atoms with Crippen LogP contribution in [0.5, 0.6) is 0 Å². The van der Waals surface area contributed by atoms with E-state index >= 15 is 0 Å². The third-order valence-corrected chi connectivity index (χ3v) is 7.48. The van der Waals surface area contributed by atoms with E-state index in [0.29, 0.717) is 28.7 Å². The largest absolute Gasteiger partial charge is 0.467 e. The number of furan rings is 1. The molecule has 36 heavy (non-hydrogen) atoms. The highest BCUT2D eigenvalue weighted by Crippen LogP contribution is 2.40. The van der Waals surface area contributed by atoms with Gasteiger partial charge in [-0.25, -0.2) is 0 Å². The molecule has 0 atom stereocenters. The lowest BCUT2D eigenvalue weighted by molar-refractivity contribution is -0.113. The molecule has 2 aliphatic carbocycles. The van der Waals surface area contributed by atoms with Gasteiger partial charge in [-0.05, 0) is 37.1 Å². The molecule has 1 saturated carbocycles. The van der Waals surface area contributed by atoms with E-state index < -0.39 is 0 Å². The van der Waals surface area contributed by atoms with Gasteiger partial charge in [0.05, 0.1) is 29.3 Å². The molecule has 0 spiro atoms. The maximum absolute atomic E-state index is 13.0. The average molecular weight is 519 g/mol. The van der Waals surface area contributed by atoms with Gasteiger partial charge in [-0.3, -0.25) is 19.0 Å². The predicted octanol–water partition coefficient (Wildman–Crippen LogP) is 4.96. The van der Waals surface area contributed by atoms with Gasteiger partial charge in [-0.1, -0.05) is 47.6 Å². The minimum absolute atomic E-state index is 0.0596. The van der Waals surface area contributed by atoms with Crippen molar-refractivity contribution < 1.29 is 18.8 Å². The number of ketones is 2. The molecule has 2 aliphatic rings. The molecule has 2 aromatic heterocycles. The van der Waals surface area contributed by atoms with Gasteiger partial charge >= 0.3 is 0 Å². The normalized spacial score (nSPS) is 14.5. The Morgan fingerprint density at radius 3 is 2.42 bits per heavy atom. The third-order valence-electron chi connectivity index (χ3n) is 6.20. The summed E-state index contributed by atoms with van der Waals surface area (Å²) in [6.07, 6.45) is 3.77. The van der Waals surface area contributed by atoms with E-state index in [1.807, 2.05) is 16.7 Å². The second-order valence-corrected chi connectivity index (χ2v) is 10.0. The molecule has 0 unspecified atom stereocenters. The number of nitrogens with zero attached hydrogens (tertiary/aromatic N) is 3. The molecule has 0 aliphatic heterocycles. The zero-order valence-electron chi connectivity index (χ0n) is 18.9. The number of hydrogen-bond donors (Lipinski definition) is 1. The lowest BCUT2D eigenvalue weighted by Gasteiger charge is -2.19. The van der Waals surface area contributed by atoms with Crippen molar-refractivity contribution in [3.05, 3.63) is 93.7 Å². The van der Waals surface area contributed by atoms with Crippen LogP contribution in [0.2, 0.25) is 5.02 Å². The minimum atomic E-state index is -0.322. The topological polar surface area (TPSA) is 107 Å². The Bertz CT molecular complexity index is 1520. The standard InChI is InChI=1S/C26H19ClN4O4S/c27-20-10-18-19(24(34)17-6-2-1-5-16(17)23(18)33)11-21(20)28-22(32)13-36-26-30-29-25(14-7-8-14)31(26)12-15-4-3-9-35-15/h1-6,9-11,14H,7-8,12-13H2,(H,28,32). The number of nitrogens with one attached hydrogen (secondary N) is 1. The number of halogens is 1. The summed E-state index contributed by atoms with van der Waals surface area (Å²) in [5, 5.41) is 12.2. The zero-order valence-corrected chi connectivity index (χ0v) is 20.4. The number of rotatable bonds is 7. The quantitative estimate of drug-likeness (QED) is 0.303. The molecular weight excluding hydrogens is 500 g/mol. The molecule has 1 fully saturated rings. The number of amides is 1. The van der Waals surface area contributed by atoms with Gasteiger partial charge in [0, 0.05) is 28.2 Å². The van der Waals surface area contributed by atoms with Crippen LogP contribution in [0.15, 0.2) is 64.4 Å². The average Bonchev–Trinajstić information content (AvgIpc) is 3.44. The minimum Gasteiger partial charge on any atom is -0.467 e. The Morgan fingerprint density at radius 1 is 1.03 bits per heavy atom. The SMILES string of the molecule is O=C(CSc1nnc(C2CC2)n1Cc1ccco1)Nc1cc2c(cc1Cl)C(=O)c1ccccc1C2=O. The van der Waals surface area contributed by atoms with Gasteiger partial charge in [-0.15, -0.1) is 10.2 Å². The van der Waals surface area contributed by atoms with Crippen LogP contribution in [0.1, 0.15) is 62.2 Å². The van der Waals surface area contributed by atoms with E-state index in [-0.39, 0.29) is 45.1 Å². The van der Waals surface area contributed by atoms with E-state index in [1.54, 1.807) is 30.5 Å². The van der Waals surface area contributed by atoms with Crippen LogP contribution in [-0.2, 0) is 11.3 Å². The first-order valence-electron chi connectivity index (χ1n) is 11.4. The van der Waals surface area contributed by atoms with Crippen LogP contribution in [0.4, 0.5) is 5.69 Å². The van der Waals surface area contributed by atoms with Gasteiger partial charge in [0.25, 0.3) is 0 Å². The summed E-state index contributed by atoms with van der Waals surface area (Å²) < 4.78 is 7.48. The van der Waals surface area contributed by atoms with Gasteiger partial charge < -0.3 is 9.73 Å². The number of carbonyl (C=O) groups is 3. The van der Waals surface area contributed by atoms with Crippen molar-refractivity contribution in [3.63, 3.8) is 0 Å². The van der Waals surface area contributed by atoms with Gasteiger partial charge in [0.15, 0.2) is 16.7 Å². The van der Waals surface area contributed by atoms with Crippen LogP contribution in [0.25, 0.3) is 0 Å². The molecule has 0 saturated heterocycles. The summed E-state index contributed by atoms with van der Waals surface area (Å²) in [5.74, 6) is 1.26. The summed E-state index contributed by atoms with van der Waals surface area (Å²) in [6, 6.07) is 13.3. The second kappa shape index (κ2) is 9.07. The Kier molecular flexibility index (Phi) is 5.73. The van der Waals surface area contributed by atoms with Crippen LogP contribution in [0, 0.1) is 0 Å². The summed E-state index contributed by atoms with van der Waals surface area (Å²) in [4.78, 5) is 38.7. The monoisotopic (exact) mass is 518 g/mol. The Labute approximate surface area is 215 Å². The number of benzene rings is 2. The lowest BCUT2D eigenvalue weighted by Crippen LogP contribution is -2.22. The molecule has 0 radical (unpaired) electrons. The van der Waals surface area contributed by atoms with Gasteiger partial charge in [0.2, 0.25) is 5.91 Å². The first kappa shape index (κ1) is 22.8. The molecule has 0 bridgehead atoms. The summed E-state index contributed by atoms with van der Waals surface area (Å²) in [7, 11) is 0. The Morgan fingerprint density at radius 2 is 1.75 bits per heavy atom. The van der Waals surface area contributed by atoms with Crippen LogP contribution >= 0.6 is 23.4 Å². The van der Waals surface area contributed by atoms with Crippen molar-refractivity contribution in [2.75, 3.05) is 11.1 Å². The molecule has 1 N–H and O–H groups in total. The number of carbonyl (C=O) groups excluding carboxylic acids is 3. The van der Waals surface area contributed by atoms with Crippen LogP contribution in [0.3, 0.4) is 0 Å². The van der Waals surface area contributed by atoms with Crippen LogP contribution in [-0.4, -0.2) is 38.0 Å². The molecular formula is C26H19ClN4O4S. The van der Waals surface area contributed by atoms with E-state index in [9.17, 15) is 14.4 Å². The number of anilines is 1. The summed E-state index contributed by atoms with van der Waals surface area (Å²) in [6.45, 7) is 0.490. The zero-order chi connectivity index (χ0) is 24.8. The first-order valence-corrected chi connectivity index (χ1v) is 12.8. The number of aromatic nitrogens is 3. The highest BCUT2D eigenvalue weighted by Gasteiger charge is 2.32. The van der Waals surface area contributed by atoms with E-state index in [2.05, 4.69) is 15.5 Å². The fourth-order valence-corrected chi connectivity index (χ4v) is 5.24. The summed E-state index contributed by atoms with van der Waals surface area (Å²) >= 11 is 7.65. The Balaban J connectivity index is 1.19. The molecule has 4 aromatic rings. The molecule has 8 nitrogen and oxygen atoms in total. The number of thioether (sulfide) groups is 1. The van der Waals surface area contributed by atoms with Gasteiger partial charge in [0.1, 0.15) is 11.6 Å². The fourth-order valence-electron chi connectivity index (χ4n) is 4.29. The molecule has 2 heterocycles. The Hall–Kier alpha value is -3.69. The van der Waals surface area contributed by atoms with Crippen molar-refractivity contribution in [2.24, 2.45) is 0 Å². The van der Waals surface area contributed by atoms with Crippen molar-refractivity contribution >= 4 is 46.5 Å². The smallest absolute Gasteiger partial charge is 0.234 e. The highest BCUT2D eigenvalue weighted by atomic mass is 35.5. The molecule has 10 heteroatoms. The van der Waals surface area contributed by atoms with E-state index in [4.69, 9.17) is 16.0 Å². The predicted molar refractivity (Wildman–Crippen MR) is 134 cm³/mol. The van der Waals surface area contributed by atoms with Crippen molar-refractivity contribution in [1.29, 1.82) is 0 Å². The number of fused-ring (bicyclic) bond motifs is 2. The number of hydrogen-bond acceptors (Lipinski definition) is 7.